The molecule has 0 radical (unpaired) electrons. The van der Waals surface area contributed by atoms with Gasteiger partial charge in [-0.05, 0) is 31.2 Å². The Morgan fingerprint density at radius 1 is 1.37 bits per heavy atom. The smallest absolute Gasteiger partial charge is 0.253 e. The fourth-order valence-electron chi connectivity index (χ4n) is 3.36. The highest BCUT2D eigenvalue weighted by atomic mass is 35.5. The predicted molar refractivity (Wildman–Crippen MR) is 104 cm³/mol. The van der Waals surface area contributed by atoms with E-state index in [0.717, 1.165) is 0 Å². The third-order valence-electron chi connectivity index (χ3n) is 4.71. The molecule has 2 unspecified atom stereocenters. The van der Waals surface area contributed by atoms with Crippen LogP contribution in [0.25, 0.3) is 0 Å². The molecule has 0 spiro atoms. The average molecular weight is 392 g/mol. The third kappa shape index (κ3) is 4.58. The van der Waals surface area contributed by atoms with Crippen LogP contribution in [0.1, 0.15) is 28.9 Å². The van der Waals surface area contributed by atoms with E-state index in [1.807, 2.05) is 6.92 Å². The number of morpholine rings is 1. The second-order valence-corrected chi connectivity index (χ2v) is 7.03. The first-order chi connectivity index (χ1) is 13.0. The number of halogens is 2. The number of para-hydroxylation sites is 1. The topological polar surface area (TPSA) is 67.6 Å². The first kappa shape index (κ1) is 19.6. The van der Waals surface area contributed by atoms with Crippen LogP contribution >= 0.6 is 11.6 Å². The molecule has 1 heterocycles. The van der Waals surface area contributed by atoms with Gasteiger partial charge in [0.2, 0.25) is 0 Å². The van der Waals surface area contributed by atoms with Crippen LogP contribution in [0.2, 0.25) is 5.02 Å². The highest BCUT2D eigenvalue weighted by Gasteiger charge is 2.29. The molecule has 7 heteroatoms. The monoisotopic (exact) mass is 391 g/mol. The first-order valence-corrected chi connectivity index (χ1v) is 9.27. The van der Waals surface area contributed by atoms with E-state index >= 15 is 0 Å². The van der Waals surface area contributed by atoms with Gasteiger partial charge in [-0.25, -0.2) is 4.39 Å². The second kappa shape index (κ2) is 8.69. The molecule has 2 aromatic carbocycles. The van der Waals surface area contributed by atoms with Crippen LogP contribution in [0, 0.1) is 5.82 Å². The summed E-state index contributed by atoms with van der Waals surface area (Å²) in [4.78, 5) is 14.6. The number of nitrogens with zero attached hydrogens (tertiary/aromatic N) is 1. The molecule has 0 saturated carbocycles. The Morgan fingerprint density at radius 2 is 2.15 bits per heavy atom. The van der Waals surface area contributed by atoms with Gasteiger partial charge in [-0.15, -0.1) is 0 Å². The molecular weight excluding hydrogens is 369 g/mol. The number of nitrogens with one attached hydrogen (secondary N) is 1. The van der Waals surface area contributed by atoms with Crippen molar-refractivity contribution in [2.24, 2.45) is 0 Å². The number of ether oxygens (including phenoxy) is 1. The summed E-state index contributed by atoms with van der Waals surface area (Å²) in [7, 11) is 0. The Labute approximate surface area is 163 Å². The van der Waals surface area contributed by atoms with Crippen molar-refractivity contribution >= 4 is 23.2 Å². The Balaban J connectivity index is 1.84. The van der Waals surface area contributed by atoms with Gasteiger partial charge in [-0.3, -0.25) is 9.69 Å². The lowest BCUT2D eigenvalue weighted by molar-refractivity contribution is -0.0346. The van der Waals surface area contributed by atoms with Crippen molar-refractivity contribution in [3.8, 4) is 0 Å². The minimum absolute atomic E-state index is 0.0206. The van der Waals surface area contributed by atoms with Crippen molar-refractivity contribution in [3.63, 3.8) is 0 Å². The van der Waals surface area contributed by atoms with Crippen LogP contribution < -0.4 is 11.1 Å². The summed E-state index contributed by atoms with van der Waals surface area (Å²) in [5.74, 6) is -0.688. The minimum Gasteiger partial charge on any atom is -0.398 e. The molecule has 2 atom stereocenters. The number of hydrogen-bond donors (Lipinski definition) is 2. The molecule has 144 valence electrons. The van der Waals surface area contributed by atoms with Gasteiger partial charge in [0.25, 0.3) is 5.91 Å². The van der Waals surface area contributed by atoms with E-state index in [-0.39, 0.29) is 24.4 Å². The van der Waals surface area contributed by atoms with Crippen molar-refractivity contribution < 1.29 is 13.9 Å². The lowest BCUT2D eigenvalue weighted by Gasteiger charge is -2.38. The number of carbonyl (C=O) groups is 1. The minimum atomic E-state index is -0.404. The fourth-order valence-corrected chi connectivity index (χ4v) is 3.65. The second-order valence-electron chi connectivity index (χ2n) is 6.62. The molecule has 1 saturated heterocycles. The molecule has 1 amide bonds. The summed E-state index contributed by atoms with van der Waals surface area (Å²) < 4.78 is 20.2. The summed E-state index contributed by atoms with van der Waals surface area (Å²) >= 11 is 6.31. The van der Waals surface area contributed by atoms with Crippen molar-refractivity contribution in [2.75, 3.05) is 32.0 Å². The number of hydrogen-bond acceptors (Lipinski definition) is 4. The maximum Gasteiger partial charge on any atom is 0.253 e. The van der Waals surface area contributed by atoms with Gasteiger partial charge in [-0.1, -0.05) is 29.8 Å². The molecule has 0 aliphatic carbocycles. The number of amides is 1. The molecule has 2 aromatic rings. The molecule has 3 N–H and O–H groups in total. The normalized spacial score (nSPS) is 18.9. The molecule has 1 aliphatic rings. The van der Waals surface area contributed by atoms with Crippen LogP contribution in [-0.2, 0) is 4.74 Å². The third-order valence-corrected chi connectivity index (χ3v) is 5.04. The van der Waals surface area contributed by atoms with Gasteiger partial charge in [0.15, 0.2) is 0 Å². The van der Waals surface area contributed by atoms with Crippen LogP contribution in [-0.4, -0.2) is 43.2 Å². The van der Waals surface area contributed by atoms with Crippen LogP contribution in [0.5, 0.6) is 0 Å². The summed E-state index contributed by atoms with van der Waals surface area (Å²) in [5.41, 5.74) is 7.06. The zero-order chi connectivity index (χ0) is 19.4. The van der Waals surface area contributed by atoms with Crippen molar-refractivity contribution in [2.45, 2.75) is 19.1 Å². The Morgan fingerprint density at radius 3 is 2.85 bits per heavy atom. The summed E-state index contributed by atoms with van der Waals surface area (Å²) in [5, 5.41) is 3.22. The van der Waals surface area contributed by atoms with E-state index in [2.05, 4.69) is 10.2 Å². The summed E-state index contributed by atoms with van der Waals surface area (Å²) in [6.45, 7) is 3.97. The average Bonchev–Trinajstić information content (AvgIpc) is 2.64. The Hall–Kier alpha value is -2.15. The maximum absolute atomic E-state index is 14.6. The van der Waals surface area contributed by atoms with E-state index in [1.54, 1.807) is 36.4 Å². The summed E-state index contributed by atoms with van der Waals surface area (Å²) in [6, 6.07) is 11.1. The largest absolute Gasteiger partial charge is 0.398 e. The van der Waals surface area contributed by atoms with E-state index in [9.17, 15) is 9.18 Å². The highest BCUT2D eigenvalue weighted by molar-refractivity contribution is 6.31. The zero-order valence-electron chi connectivity index (χ0n) is 15.1. The predicted octanol–water partition coefficient (Wildman–Crippen LogP) is 3.25. The molecule has 5 nitrogen and oxygen atoms in total. The maximum atomic E-state index is 14.6. The van der Waals surface area contributed by atoms with Gasteiger partial charge in [0, 0.05) is 35.9 Å². The lowest BCUT2D eigenvalue weighted by atomic mass is 10.0. The van der Waals surface area contributed by atoms with E-state index < -0.39 is 6.04 Å². The lowest BCUT2D eigenvalue weighted by Crippen LogP contribution is -2.47. The number of anilines is 1. The SMILES string of the molecule is CC1CN(C(CNC(=O)c2ccccc2N)c2c(F)cccc2Cl)CCO1. The number of benzene rings is 2. The van der Waals surface area contributed by atoms with Gasteiger partial charge >= 0.3 is 0 Å². The standard InChI is InChI=1S/C20H23ClFN3O2/c1-13-12-25(9-10-27-13)18(19-15(21)6-4-7-16(19)22)11-24-20(26)14-5-2-3-8-17(14)23/h2-8,13,18H,9-12,23H2,1H3,(H,24,26). The first-order valence-electron chi connectivity index (χ1n) is 8.89. The number of nitrogens with two attached hydrogens (primary N) is 1. The number of carbonyl (C=O) groups excluding carboxylic acids is 1. The molecule has 1 aliphatic heterocycles. The molecule has 1 fully saturated rings. The van der Waals surface area contributed by atoms with E-state index in [0.29, 0.717) is 41.5 Å². The summed E-state index contributed by atoms with van der Waals surface area (Å²) in [6.07, 6.45) is 0.0206. The molecule has 0 bridgehead atoms. The number of nitrogen functional groups attached to an aromatic ring is 1. The fraction of sp³-hybridized carbons (Fsp3) is 0.350. The van der Waals surface area contributed by atoms with Crippen LogP contribution in [0.4, 0.5) is 10.1 Å². The quantitative estimate of drug-likeness (QED) is 0.768. The van der Waals surface area contributed by atoms with Gasteiger partial charge < -0.3 is 15.8 Å². The molecule has 3 rings (SSSR count). The molecule has 27 heavy (non-hydrogen) atoms. The molecular formula is C20H23ClFN3O2. The van der Waals surface area contributed by atoms with Crippen LogP contribution in [0.15, 0.2) is 42.5 Å². The van der Waals surface area contributed by atoms with Crippen LogP contribution in [0.3, 0.4) is 0 Å². The Bertz CT molecular complexity index is 797. The van der Waals surface area contributed by atoms with E-state index in [4.69, 9.17) is 22.1 Å². The highest BCUT2D eigenvalue weighted by Crippen LogP contribution is 2.31. The van der Waals surface area contributed by atoms with Gasteiger partial charge in [0.1, 0.15) is 5.82 Å². The van der Waals surface area contributed by atoms with Crippen molar-refractivity contribution in [1.29, 1.82) is 0 Å². The zero-order valence-corrected chi connectivity index (χ0v) is 15.9. The van der Waals surface area contributed by atoms with Crippen molar-refractivity contribution in [1.82, 2.24) is 10.2 Å². The van der Waals surface area contributed by atoms with E-state index in [1.165, 1.54) is 6.07 Å². The molecule has 0 aromatic heterocycles. The van der Waals surface area contributed by atoms with Gasteiger partial charge in [0.05, 0.1) is 24.3 Å². The van der Waals surface area contributed by atoms with Gasteiger partial charge in [-0.2, -0.15) is 0 Å². The van der Waals surface area contributed by atoms with Crippen molar-refractivity contribution in [3.05, 3.63) is 64.4 Å². The number of rotatable bonds is 5. The Kier molecular flexibility index (Phi) is 6.31.